The van der Waals surface area contributed by atoms with E-state index in [1.807, 2.05) is 19.0 Å². The predicted molar refractivity (Wildman–Crippen MR) is 133 cm³/mol. The molecule has 1 N–H and O–H groups in total. The third-order valence-electron chi connectivity index (χ3n) is 5.56. The van der Waals surface area contributed by atoms with Gasteiger partial charge in [0, 0.05) is 18.8 Å². The minimum absolute atomic E-state index is 0.0449. The van der Waals surface area contributed by atoms with E-state index in [0.717, 1.165) is 12.1 Å². The fourth-order valence-electron chi connectivity index (χ4n) is 3.66. The number of thioether (sulfide) groups is 1. The Morgan fingerprint density at radius 3 is 2.38 bits per heavy atom. The van der Waals surface area contributed by atoms with Crippen LogP contribution < -0.4 is 5.32 Å². The first-order chi connectivity index (χ1) is 15.1. The topological polar surface area (TPSA) is 52.7 Å². The van der Waals surface area contributed by atoms with E-state index in [2.05, 4.69) is 50.4 Å². The largest absolute Gasteiger partial charge is 0.353 e. The molecular formula is C25H32ClN3O2S. The molecule has 1 aliphatic rings. The van der Waals surface area contributed by atoms with Crippen molar-refractivity contribution in [2.24, 2.45) is 0 Å². The number of rotatable bonds is 6. The molecule has 5 nitrogen and oxygen atoms in total. The van der Waals surface area contributed by atoms with Crippen molar-refractivity contribution in [3.8, 4) is 0 Å². The highest BCUT2D eigenvalue weighted by atomic mass is 35.5. The Kier molecular flexibility index (Phi) is 7.91. The van der Waals surface area contributed by atoms with E-state index in [4.69, 9.17) is 11.6 Å². The first-order valence-electron chi connectivity index (χ1n) is 10.8. The number of hydrogen-bond donors (Lipinski definition) is 1. The molecule has 172 valence electrons. The molecule has 0 radical (unpaired) electrons. The van der Waals surface area contributed by atoms with Gasteiger partial charge < -0.3 is 15.1 Å². The number of nitrogens with zero attached hydrogens (tertiary/aromatic N) is 2. The maximum Gasteiger partial charge on any atom is 0.257 e. The van der Waals surface area contributed by atoms with Crippen molar-refractivity contribution in [3.63, 3.8) is 0 Å². The number of hydrogen-bond acceptors (Lipinski definition) is 4. The van der Waals surface area contributed by atoms with Crippen LogP contribution in [0.2, 0.25) is 5.02 Å². The zero-order chi connectivity index (χ0) is 23.5. The predicted octanol–water partition coefficient (Wildman–Crippen LogP) is 4.57. The fourth-order valence-corrected chi connectivity index (χ4v) is 5.30. The molecule has 0 aliphatic carbocycles. The third-order valence-corrected chi connectivity index (χ3v) is 7.21. The maximum absolute atomic E-state index is 13.6. The number of likely N-dealkylation sites (N-methyl/N-ethyl adjacent to an activating group) is 1. The lowest BCUT2D eigenvalue weighted by atomic mass is 9.86. The molecule has 2 aromatic rings. The summed E-state index contributed by atoms with van der Waals surface area (Å²) in [7, 11) is 3.92. The Morgan fingerprint density at radius 2 is 1.78 bits per heavy atom. The molecule has 1 aliphatic heterocycles. The van der Waals surface area contributed by atoms with Crippen LogP contribution in [0.4, 0.5) is 0 Å². The van der Waals surface area contributed by atoms with Crippen LogP contribution in [0.3, 0.4) is 0 Å². The zero-order valence-corrected chi connectivity index (χ0v) is 21.0. The van der Waals surface area contributed by atoms with E-state index in [0.29, 0.717) is 22.9 Å². The Balaban J connectivity index is 1.91. The molecule has 0 aromatic heterocycles. The minimum atomic E-state index is -0.557. The second kappa shape index (κ2) is 10.3. The summed E-state index contributed by atoms with van der Waals surface area (Å²) in [5.41, 5.74) is 2.70. The number of benzene rings is 2. The van der Waals surface area contributed by atoms with Crippen LogP contribution >= 0.6 is 23.4 Å². The standard InChI is InChI=1S/C25H32ClN3O2S/c1-25(2,3)18-12-10-17(11-13-18)24-29(23(31)19-8-6-7-9-20(19)26)21(16-32-24)22(30)27-14-15-28(4)5/h6-13,21,24H,14-16H2,1-5H3,(H,27,30). The van der Waals surface area contributed by atoms with E-state index in [1.165, 1.54) is 5.56 Å². The van der Waals surface area contributed by atoms with Gasteiger partial charge in [0.05, 0.1) is 10.6 Å². The number of carbonyl (C=O) groups excluding carboxylic acids is 2. The van der Waals surface area contributed by atoms with Gasteiger partial charge in [0.2, 0.25) is 5.91 Å². The zero-order valence-electron chi connectivity index (χ0n) is 19.4. The smallest absolute Gasteiger partial charge is 0.257 e. The van der Waals surface area contributed by atoms with E-state index in [1.54, 1.807) is 40.9 Å². The van der Waals surface area contributed by atoms with Crippen molar-refractivity contribution in [2.45, 2.75) is 37.6 Å². The molecule has 1 fully saturated rings. The van der Waals surface area contributed by atoms with Crippen LogP contribution in [0.25, 0.3) is 0 Å². The summed E-state index contributed by atoms with van der Waals surface area (Å²) in [5.74, 6) is 0.183. The van der Waals surface area contributed by atoms with Crippen molar-refractivity contribution in [1.29, 1.82) is 0 Å². The Bertz CT molecular complexity index is 956. The highest BCUT2D eigenvalue weighted by Crippen LogP contribution is 2.43. The molecular weight excluding hydrogens is 442 g/mol. The van der Waals surface area contributed by atoms with Crippen LogP contribution in [0.1, 0.15) is 47.6 Å². The van der Waals surface area contributed by atoms with Gasteiger partial charge in [-0.15, -0.1) is 11.8 Å². The molecule has 0 spiro atoms. The molecule has 2 amide bonds. The summed E-state index contributed by atoms with van der Waals surface area (Å²) < 4.78 is 0. The first kappa shape index (κ1) is 24.6. The highest BCUT2D eigenvalue weighted by molar-refractivity contribution is 7.99. The van der Waals surface area contributed by atoms with Gasteiger partial charge in [-0.1, -0.05) is 68.8 Å². The van der Waals surface area contributed by atoms with Crippen LogP contribution in [-0.4, -0.2) is 60.6 Å². The summed E-state index contributed by atoms with van der Waals surface area (Å²) in [5, 5.41) is 3.13. The Labute approximate surface area is 200 Å². The molecule has 0 bridgehead atoms. The lowest BCUT2D eigenvalue weighted by Gasteiger charge is -2.30. The highest BCUT2D eigenvalue weighted by Gasteiger charge is 2.43. The molecule has 1 heterocycles. The average Bonchev–Trinajstić information content (AvgIpc) is 3.18. The lowest BCUT2D eigenvalue weighted by Crippen LogP contribution is -2.49. The van der Waals surface area contributed by atoms with Crippen molar-refractivity contribution in [2.75, 3.05) is 32.9 Å². The minimum Gasteiger partial charge on any atom is -0.353 e. The number of carbonyl (C=O) groups is 2. The molecule has 0 saturated carbocycles. The molecule has 2 unspecified atom stereocenters. The van der Waals surface area contributed by atoms with Crippen LogP contribution in [0, 0.1) is 0 Å². The second-order valence-electron chi connectivity index (χ2n) is 9.36. The molecule has 1 saturated heterocycles. The van der Waals surface area contributed by atoms with E-state index in [-0.39, 0.29) is 22.6 Å². The summed E-state index contributed by atoms with van der Waals surface area (Å²) in [6, 6.07) is 14.8. The van der Waals surface area contributed by atoms with Gasteiger partial charge in [-0.2, -0.15) is 0 Å². The Morgan fingerprint density at radius 1 is 1.12 bits per heavy atom. The molecule has 32 heavy (non-hydrogen) atoms. The van der Waals surface area contributed by atoms with Gasteiger partial charge in [0.1, 0.15) is 11.4 Å². The monoisotopic (exact) mass is 473 g/mol. The van der Waals surface area contributed by atoms with E-state index in [9.17, 15) is 9.59 Å². The van der Waals surface area contributed by atoms with Crippen molar-refractivity contribution in [3.05, 3.63) is 70.2 Å². The van der Waals surface area contributed by atoms with Gasteiger partial charge in [0.15, 0.2) is 0 Å². The number of nitrogens with one attached hydrogen (secondary N) is 1. The second-order valence-corrected chi connectivity index (χ2v) is 10.9. The van der Waals surface area contributed by atoms with Gasteiger partial charge in [0.25, 0.3) is 5.91 Å². The Hall–Kier alpha value is -2.02. The van der Waals surface area contributed by atoms with Gasteiger partial charge >= 0.3 is 0 Å². The van der Waals surface area contributed by atoms with E-state index < -0.39 is 6.04 Å². The van der Waals surface area contributed by atoms with Crippen LogP contribution in [0.5, 0.6) is 0 Å². The summed E-state index contributed by atoms with van der Waals surface area (Å²) in [6.07, 6.45) is 0. The van der Waals surface area contributed by atoms with Gasteiger partial charge in [-0.3, -0.25) is 9.59 Å². The maximum atomic E-state index is 13.6. The quantitative estimate of drug-likeness (QED) is 0.667. The molecule has 2 aromatic carbocycles. The van der Waals surface area contributed by atoms with Crippen molar-refractivity contribution < 1.29 is 9.59 Å². The lowest BCUT2D eigenvalue weighted by molar-refractivity contribution is -0.124. The number of amides is 2. The molecule has 7 heteroatoms. The summed E-state index contributed by atoms with van der Waals surface area (Å²) >= 11 is 7.96. The average molecular weight is 474 g/mol. The fraction of sp³-hybridized carbons (Fsp3) is 0.440. The van der Waals surface area contributed by atoms with Crippen LogP contribution in [-0.2, 0) is 10.2 Å². The molecule has 2 atom stereocenters. The van der Waals surface area contributed by atoms with Crippen LogP contribution in [0.15, 0.2) is 48.5 Å². The SMILES string of the molecule is CN(C)CCNC(=O)C1CSC(c2ccc(C(C)(C)C)cc2)N1C(=O)c1ccccc1Cl. The number of halogens is 1. The van der Waals surface area contributed by atoms with Crippen molar-refractivity contribution in [1.82, 2.24) is 15.1 Å². The molecule has 3 rings (SSSR count). The van der Waals surface area contributed by atoms with Gasteiger partial charge in [-0.05, 0) is 42.8 Å². The third kappa shape index (κ3) is 5.66. The summed E-state index contributed by atoms with van der Waals surface area (Å²) in [6.45, 7) is 7.79. The first-order valence-corrected chi connectivity index (χ1v) is 12.2. The van der Waals surface area contributed by atoms with Gasteiger partial charge in [-0.25, -0.2) is 0 Å². The van der Waals surface area contributed by atoms with Crippen molar-refractivity contribution >= 4 is 35.2 Å². The normalized spacial score (nSPS) is 18.8. The van der Waals surface area contributed by atoms with E-state index >= 15 is 0 Å². The summed E-state index contributed by atoms with van der Waals surface area (Å²) in [4.78, 5) is 30.4.